The Balaban J connectivity index is 1.52. The summed E-state index contributed by atoms with van der Waals surface area (Å²) in [7, 11) is 0. The molecule has 3 rings (SSSR count). The van der Waals surface area contributed by atoms with Gasteiger partial charge in [-0.05, 0) is 12.1 Å². The lowest BCUT2D eigenvalue weighted by Crippen LogP contribution is -2.32. The number of thiazole rings is 1. The SMILES string of the molecule is O=C(O)c1csc(CNC(=O)[C@@H]2CC(=O)N(Cc3ccccn3)C2)n1. The Labute approximate surface area is 147 Å². The number of pyridine rings is 1. The lowest BCUT2D eigenvalue weighted by Gasteiger charge is -2.15. The highest BCUT2D eigenvalue weighted by molar-refractivity contribution is 7.09. The Morgan fingerprint density at radius 3 is 2.92 bits per heavy atom. The number of hydrogen-bond acceptors (Lipinski definition) is 6. The first kappa shape index (κ1) is 17.0. The number of rotatable bonds is 6. The van der Waals surface area contributed by atoms with Crippen LogP contribution >= 0.6 is 11.3 Å². The molecule has 2 amide bonds. The molecule has 1 fully saturated rings. The van der Waals surface area contributed by atoms with Crippen molar-refractivity contribution >= 4 is 29.1 Å². The van der Waals surface area contributed by atoms with Crippen molar-refractivity contribution in [2.75, 3.05) is 6.54 Å². The number of amides is 2. The van der Waals surface area contributed by atoms with Gasteiger partial charge in [0.05, 0.1) is 24.7 Å². The highest BCUT2D eigenvalue weighted by Gasteiger charge is 2.34. The molecule has 9 heteroatoms. The van der Waals surface area contributed by atoms with Crippen LogP contribution in [0.3, 0.4) is 0 Å². The minimum absolute atomic E-state index is 0.0353. The Morgan fingerprint density at radius 1 is 1.40 bits per heavy atom. The van der Waals surface area contributed by atoms with Gasteiger partial charge >= 0.3 is 5.97 Å². The van der Waals surface area contributed by atoms with Crippen molar-refractivity contribution in [3.8, 4) is 0 Å². The standard InChI is InChI=1S/C16H16N4O4S/c21-14-5-10(7-20(14)8-11-3-1-2-4-17-11)15(22)18-6-13-19-12(9-25-13)16(23)24/h1-4,9-10H,5-8H2,(H,18,22)(H,23,24)/t10-/m1/s1. The number of carboxylic acid groups (broad SMARTS) is 1. The van der Waals surface area contributed by atoms with Gasteiger partial charge in [0, 0.05) is 24.5 Å². The minimum atomic E-state index is -1.10. The number of carbonyl (C=O) groups excluding carboxylic acids is 2. The first-order chi connectivity index (χ1) is 12.0. The molecule has 0 unspecified atom stereocenters. The maximum atomic E-state index is 12.3. The Bertz CT molecular complexity index is 792. The summed E-state index contributed by atoms with van der Waals surface area (Å²) < 4.78 is 0. The van der Waals surface area contributed by atoms with Crippen molar-refractivity contribution in [3.63, 3.8) is 0 Å². The van der Waals surface area contributed by atoms with Crippen LogP contribution in [0.2, 0.25) is 0 Å². The van der Waals surface area contributed by atoms with E-state index in [0.717, 1.165) is 5.69 Å². The van der Waals surface area contributed by atoms with Crippen LogP contribution in [0.15, 0.2) is 29.8 Å². The van der Waals surface area contributed by atoms with E-state index < -0.39 is 11.9 Å². The maximum Gasteiger partial charge on any atom is 0.355 e. The number of hydrogen-bond donors (Lipinski definition) is 2. The van der Waals surface area contributed by atoms with Crippen LogP contribution in [0.25, 0.3) is 0 Å². The number of aromatic carboxylic acids is 1. The van der Waals surface area contributed by atoms with Crippen LogP contribution < -0.4 is 5.32 Å². The largest absolute Gasteiger partial charge is 0.476 e. The molecule has 1 aliphatic rings. The second kappa shape index (κ2) is 7.39. The van der Waals surface area contributed by atoms with E-state index in [1.807, 2.05) is 12.1 Å². The molecule has 1 saturated heterocycles. The summed E-state index contributed by atoms with van der Waals surface area (Å²) in [5.74, 6) is -1.83. The molecule has 0 radical (unpaired) electrons. The summed E-state index contributed by atoms with van der Waals surface area (Å²) in [4.78, 5) is 44.9. The molecule has 0 saturated carbocycles. The van der Waals surface area contributed by atoms with Gasteiger partial charge in [-0.3, -0.25) is 14.6 Å². The number of nitrogens with zero attached hydrogens (tertiary/aromatic N) is 3. The van der Waals surface area contributed by atoms with Gasteiger partial charge in [-0.15, -0.1) is 11.3 Å². The molecular weight excluding hydrogens is 344 g/mol. The van der Waals surface area contributed by atoms with Crippen molar-refractivity contribution in [3.05, 3.63) is 46.2 Å². The lowest BCUT2D eigenvalue weighted by molar-refractivity contribution is -0.129. The first-order valence-corrected chi connectivity index (χ1v) is 8.54. The fourth-order valence-corrected chi connectivity index (χ4v) is 3.29. The zero-order valence-corrected chi connectivity index (χ0v) is 14.0. The third-order valence-corrected chi connectivity index (χ3v) is 4.70. The van der Waals surface area contributed by atoms with E-state index in [1.54, 1.807) is 17.2 Å². The second-order valence-corrected chi connectivity index (χ2v) is 6.59. The predicted molar refractivity (Wildman–Crippen MR) is 88.7 cm³/mol. The molecule has 0 aliphatic carbocycles. The van der Waals surface area contributed by atoms with E-state index in [9.17, 15) is 14.4 Å². The highest BCUT2D eigenvalue weighted by atomic mass is 32.1. The van der Waals surface area contributed by atoms with Gasteiger partial charge in [0.1, 0.15) is 5.01 Å². The normalized spacial score (nSPS) is 16.9. The first-order valence-electron chi connectivity index (χ1n) is 7.66. The zero-order valence-electron chi connectivity index (χ0n) is 13.2. The molecule has 0 spiro atoms. The van der Waals surface area contributed by atoms with E-state index in [2.05, 4.69) is 15.3 Å². The summed E-state index contributed by atoms with van der Waals surface area (Å²) in [5, 5.41) is 13.5. The minimum Gasteiger partial charge on any atom is -0.476 e. The molecule has 1 atom stereocenters. The molecule has 0 bridgehead atoms. The summed E-state index contributed by atoms with van der Waals surface area (Å²) in [6, 6.07) is 5.50. The van der Waals surface area contributed by atoms with Gasteiger partial charge < -0.3 is 15.3 Å². The number of likely N-dealkylation sites (tertiary alicyclic amines) is 1. The maximum absolute atomic E-state index is 12.3. The van der Waals surface area contributed by atoms with Gasteiger partial charge in [-0.1, -0.05) is 6.07 Å². The van der Waals surface area contributed by atoms with E-state index in [1.165, 1.54) is 16.7 Å². The number of aromatic nitrogens is 2. The molecule has 25 heavy (non-hydrogen) atoms. The molecule has 130 valence electrons. The topological polar surface area (TPSA) is 112 Å². The molecule has 2 aromatic heterocycles. The van der Waals surface area contributed by atoms with Crippen molar-refractivity contribution < 1.29 is 19.5 Å². The smallest absolute Gasteiger partial charge is 0.355 e. The fraction of sp³-hybridized carbons (Fsp3) is 0.312. The monoisotopic (exact) mass is 360 g/mol. The number of carboxylic acids is 1. The average Bonchev–Trinajstić information content (AvgIpc) is 3.21. The van der Waals surface area contributed by atoms with E-state index in [0.29, 0.717) is 18.1 Å². The van der Waals surface area contributed by atoms with Crippen molar-refractivity contribution in [2.45, 2.75) is 19.5 Å². The quantitative estimate of drug-likeness (QED) is 0.791. The fourth-order valence-electron chi connectivity index (χ4n) is 2.59. The molecule has 8 nitrogen and oxygen atoms in total. The third kappa shape index (κ3) is 4.18. The Morgan fingerprint density at radius 2 is 2.24 bits per heavy atom. The molecular formula is C16H16N4O4S. The average molecular weight is 360 g/mol. The van der Waals surface area contributed by atoms with Crippen LogP contribution in [0.4, 0.5) is 0 Å². The summed E-state index contributed by atoms with van der Waals surface area (Å²) in [5.41, 5.74) is 0.743. The number of carbonyl (C=O) groups is 3. The van der Waals surface area contributed by atoms with Crippen LogP contribution in [-0.2, 0) is 22.7 Å². The number of nitrogens with one attached hydrogen (secondary N) is 1. The van der Waals surface area contributed by atoms with E-state index in [4.69, 9.17) is 5.11 Å². The second-order valence-electron chi connectivity index (χ2n) is 5.65. The van der Waals surface area contributed by atoms with Crippen LogP contribution in [0, 0.1) is 5.92 Å². The highest BCUT2D eigenvalue weighted by Crippen LogP contribution is 2.20. The lowest BCUT2D eigenvalue weighted by atomic mass is 10.1. The van der Waals surface area contributed by atoms with Crippen LogP contribution in [0.1, 0.15) is 27.6 Å². The summed E-state index contributed by atoms with van der Waals surface area (Å²) >= 11 is 1.17. The predicted octanol–water partition coefficient (Wildman–Crippen LogP) is 0.901. The van der Waals surface area contributed by atoms with Gasteiger partial charge in [-0.2, -0.15) is 0 Å². The van der Waals surface area contributed by atoms with Crippen molar-refractivity contribution in [2.24, 2.45) is 5.92 Å². The Kier molecular flexibility index (Phi) is 5.03. The summed E-state index contributed by atoms with van der Waals surface area (Å²) in [6.07, 6.45) is 1.83. The molecule has 1 aliphatic heterocycles. The van der Waals surface area contributed by atoms with E-state index >= 15 is 0 Å². The molecule has 2 aromatic rings. The van der Waals surface area contributed by atoms with E-state index in [-0.39, 0.29) is 30.5 Å². The molecule has 2 N–H and O–H groups in total. The van der Waals surface area contributed by atoms with Gasteiger partial charge in [-0.25, -0.2) is 9.78 Å². The Hall–Kier alpha value is -2.81. The molecule has 0 aromatic carbocycles. The van der Waals surface area contributed by atoms with Gasteiger partial charge in [0.15, 0.2) is 5.69 Å². The zero-order chi connectivity index (χ0) is 17.8. The van der Waals surface area contributed by atoms with Crippen molar-refractivity contribution in [1.82, 2.24) is 20.2 Å². The van der Waals surface area contributed by atoms with Crippen molar-refractivity contribution in [1.29, 1.82) is 0 Å². The molecule has 3 heterocycles. The summed E-state index contributed by atoms with van der Waals surface area (Å²) in [6.45, 7) is 0.888. The van der Waals surface area contributed by atoms with Crippen LogP contribution in [0.5, 0.6) is 0 Å². The van der Waals surface area contributed by atoms with Gasteiger partial charge in [0.25, 0.3) is 0 Å². The third-order valence-electron chi connectivity index (χ3n) is 3.85. The van der Waals surface area contributed by atoms with Crippen LogP contribution in [-0.4, -0.2) is 44.3 Å². The van der Waals surface area contributed by atoms with Gasteiger partial charge in [0.2, 0.25) is 11.8 Å².